The van der Waals surface area contributed by atoms with Gasteiger partial charge in [-0.15, -0.1) is 0 Å². The first-order chi connectivity index (χ1) is 10.1. The van der Waals surface area contributed by atoms with Crippen molar-refractivity contribution < 1.29 is 5.11 Å². The molecule has 1 aromatic rings. The van der Waals surface area contributed by atoms with Crippen LogP contribution in [0.25, 0.3) is 0 Å². The van der Waals surface area contributed by atoms with E-state index in [1.807, 2.05) is 30.3 Å². The van der Waals surface area contributed by atoms with Gasteiger partial charge < -0.3 is 5.11 Å². The topological polar surface area (TPSA) is 23.5 Å². The van der Waals surface area contributed by atoms with Crippen molar-refractivity contribution in [3.8, 4) is 0 Å². The molecular formula is C19H31NO. The van der Waals surface area contributed by atoms with Crippen molar-refractivity contribution in [2.24, 2.45) is 11.8 Å². The molecule has 21 heavy (non-hydrogen) atoms. The van der Waals surface area contributed by atoms with Crippen molar-refractivity contribution in [1.29, 1.82) is 0 Å². The maximum absolute atomic E-state index is 10.8. The van der Waals surface area contributed by atoms with E-state index >= 15 is 0 Å². The van der Waals surface area contributed by atoms with E-state index in [1.54, 1.807) is 0 Å². The lowest BCUT2D eigenvalue weighted by atomic mass is 9.87. The third-order valence-electron chi connectivity index (χ3n) is 4.92. The van der Waals surface area contributed by atoms with E-state index in [1.165, 1.54) is 25.7 Å². The van der Waals surface area contributed by atoms with Crippen LogP contribution in [0.5, 0.6) is 0 Å². The molecule has 0 saturated carbocycles. The standard InChI is InChI=1S/C19H31NO/c1-4-8-16-11-13-20(14-12-16)18(15(2)3)19(21)17-9-6-5-7-10-17/h5-7,9-10,15-16,18-19,21H,4,8,11-14H2,1-3H3. The minimum Gasteiger partial charge on any atom is -0.387 e. The second kappa shape index (κ2) is 7.95. The van der Waals surface area contributed by atoms with E-state index in [4.69, 9.17) is 0 Å². The molecule has 1 N–H and O–H groups in total. The van der Waals surface area contributed by atoms with Gasteiger partial charge in [0.15, 0.2) is 0 Å². The van der Waals surface area contributed by atoms with Crippen molar-refractivity contribution in [1.82, 2.24) is 4.90 Å². The molecule has 0 aromatic heterocycles. The number of likely N-dealkylation sites (tertiary alicyclic amines) is 1. The summed E-state index contributed by atoms with van der Waals surface area (Å²) in [5.41, 5.74) is 1.05. The van der Waals surface area contributed by atoms with E-state index in [9.17, 15) is 5.11 Å². The summed E-state index contributed by atoms with van der Waals surface area (Å²) in [5.74, 6) is 1.36. The first kappa shape index (κ1) is 16.5. The van der Waals surface area contributed by atoms with Crippen LogP contribution < -0.4 is 0 Å². The zero-order chi connectivity index (χ0) is 15.2. The highest BCUT2D eigenvalue weighted by molar-refractivity contribution is 5.19. The van der Waals surface area contributed by atoms with Gasteiger partial charge in [-0.05, 0) is 43.3 Å². The van der Waals surface area contributed by atoms with E-state index in [-0.39, 0.29) is 12.1 Å². The van der Waals surface area contributed by atoms with Crippen molar-refractivity contribution in [2.45, 2.75) is 58.6 Å². The maximum atomic E-state index is 10.8. The lowest BCUT2D eigenvalue weighted by Crippen LogP contribution is -2.47. The van der Waals surface area contributed by atoms with Crippen LogP contribution in [0.15, 0.2) is 30.3 Å². The van der Waals surface area contributed by atoms with Crippen LogP contribution in [-0.2, 0) is 0 Å². The van der Waals surface area contributed by atoms with Gasteiger partial charge in [-0.25, -0.2) is 0 Å². The van der Waals surface area contributed by atoms with E-state index in [0.717, 1.165) is 24.6 Å². The summed E-state index contributed by atoms with van der Waals surface area (Å²) >= 11 is 0. The molecule has 2 rings (SSSR count). The summed E-state index contributed by atoms with van der Waals surface area (Å²) in [4.78, 5) is 2.52. The molecule has 1 heterocycles. The Kier molecular flexibility index (Phi) is 6.25. The molecule has 0 radical (unpaired) electrons. The van der Waals surface area contributed by atoms with Gasteiger partial charge in [0, 0.05) is 6.04 Å². The molecule has 0 bridgehead atoms. The van der Waals surface area contributed by atoms with Crippen LogP contribution in [0.1, 0.15) is 58.1 Å². The van der Waals surface area contributed by atoms with Crippen molar-refractivity contribution in [3.63, 3.8) is 0 Å². The van der Waals surface area contributed by atoms with Gasteiger partial charge in [-0.1, -0.05) is 63.9 Å². The molecule has 118 valence electrons. The Labute approximate surface area is 130 Å². The van der Waals surface area contributed by atoms with Gasteiger partial charge >= 0.3 is 0 Å². The van der Waals surface area contributed by atoms with Crippen LogP contribution in [0, 0.1) is 11.8 Å². The molecule has 1 aliphatic rings. The van der Waals surface area contributed by atoms with Crippen LogP contribution in [0.4, 0.5) is 0 Å². The van der Waals surface area contributed by atoms with Crippen LogP contribution >= 0.6 is 0 Å². The first-order valence-electron chi connectivity index (χ1n) is 8.60. The molecule has 2 heteroatoms. The average molecular weight is 289 g/mol. The monoisotopic (exact) mass is 289 g/mol. The number of hydrogen-bond donors (Lipinski definition) is 1. The zero-order valence-corrected chi connectivity index (χ0v) is 13.8. The Morgan fingerprint density at radius 1 is 1.14 bits per heavy atom. The number of nitrogens with zero attached hydrogens (tertiary/aromatic N) is 1. The number of piperidine rings is 1. The normalized spacial score (nSPS) is 20.6. The molecule has 0 amide bonds. The van der Waals surface area contributed by atoms with Crippen molar-refractivity contribution >= 4 is 0 Å². The molecule has 2 nitrogen and oxygen atoms in total. The van der Waals surface area contributed by atoms with Gasteiger partial charge in [0.25, 0.3) is 0 Å². The van der Waals surface area contributed by atoms with Crippen LogP contribution in [0.3, 0.4) is 0 Å². The lowest BCUT2D eigenvalue weighted by molar-refractivity contribution is 0.00391. The Balaban J connectivity index is 2.03. The largest absolute Gasteiger partial charge is 0.387 e. The van der Waals surface area contributed by atoms with Gasteiger partial charge in [0.2, 0.25) is 0 Å². The second-order valence-electron chi connectivity index (χ2n) is 6.86. The predicted octanol–water partition coefficient (Wildman–Crippen LogP) is 4.26. The molecule has 0 aliphatic carbocycles. The lowest BCUT2D eigenvalue weighted by Gasteiger charge is -2.41. The molecular weight excluding hydrogens is 258 g/mol. The van der Waals surface area contributed by atoms with Gasteiger partial charge in [0.1, 0.15) is 0 Å². The average Bonchev–Trinajstić information content (AvgIpc) is 2.50. The molecule has 2 unspecified atom stereocenters. The van der Waals surface area contributed by atoms with Crippen LogP contribution in [0.2, 0.25) is 0 Å². The quantitative estimate of drug-likeness (QED) is 0.846. The maximum Gasteiger partial charge on any atom is 0.0947 e. The number of aliphatic hydroxyl groups is 1. The predicted molar refractivity (Wildman–Crippen MR) is 89.2 cm³/mol. The molecule has 1 aliphatic heterocycles. The van der Waals surface area contributed by atoms with Gasteiger partial charge in [0.05, 0.1) is 6.10 Å². The number of benzene rings is 1. The Morgan fingerprint density at radius 3 is 2.29 bits per heavy atom. The minimum absolute atomic E-state index is 0.231. The fraction of sp³-hybridized carbons (Fsp3) is 0.684. The van der Waals surface area contributed by atoms with Gasteiger partial charge in [-0.2, -0.15) is 0 Å². The first-order valence-corrected chi connectivity index (χ1v) is 8.60. The summed E-state index contributed by atoms with van der Waals surface area (Å²) in [6, 6.07) is 10.4. The van der Waals surface area contributed by atoms with Crippen molar-refractivity contribution in [3.05, 3.63) is 35.9 Å². The van der Waals surface area contributed by atoms with E-state index < -0.39 is 0 Å². The van der Waals surface area contributed by atoms with Gasteiger partial charge in [-0.3, -0.25) is 4.90 Å². The highest BCUT2D eigenvalue weighted by Gasteiger charge is 2.32. The highest BCUT2D eigenvalue weighted by Crippen LogP contribution is 2.31. The summed E-state index contributed by atoms with van der Waals surface area (Å²) < 4.78 is 0. The Bertz CT molecular complexity index is 395. The zero-order valence-electron chi connectivity index (χ0n) is 13.8. The van der Waals surface area contributed by atoms with E-state index in [0.29, 0.717) is 5.92 Å². The summed E-state index contributed by atoms with van der Waals surface area (Å²) in [6.07, 6.45) is 4.86. The summed E-state index contributed by atoms with van der Waals surface area (Å²) in [7, 11) is 0. The molecule has 2 atom stereocenters. The minimum atomic E-state index is -0.381. The Hall–Kier alpha value is -0.860. The number of rotatable bonds is 6. The molecule has 1 saturated heterocycles. The fourth-order valence-corrected chi connectivity index (χ4v) is 3.78. The SMILES string of the molecule is CCCC1CCN(C(C(C)C)C(O)c2ccccc2)CC1. The van der Waals surface area contributed by atoms with Crippen molar-refractivity contribution in [2.75, 3.05) is 13.1 Å². The molecule has 1 aromatic carbocycles. The second-order valence-corrected chi connectivity index (χ2v) is 6.86. The fourth-order valence-electron chi connectivity index (χ4n) is 3.78. The third-order valence-corrected chi connectivity index (χ3v) is 4.92. The summed E-state index contributed by atoms with van der Waals surface area (Å²) in [5, 5.41) is 10.8. The number of hydrogen-bond acceptors (Lipinski definition) is 2. The molecule has 0 spiro atoms. The molecule has 1 fully saturated rings. The number of aliphatic hydroxyl groups excluding tert-OH is 1. The highest BCUT2D eigenvalue weighted by atomic mass is 16.3. The smallest absolute Gasteiger partial charge is 0.0947 e. The van der Waals surface area contributed by atoms with E-state index in [2.05, 4.69) is 25.7 Å². The Morgan fingerprint density at radius 2 is 1.76 bits per heavy atom. The van der Waals surface area contributed by atoms with Crippen LogP contribution in [-0.4, -0.2) is 29.1 Å². The summed E-state index contributed by atoms with van der Waals surface area (Å²) in [6.45, 7) is 9.02. The third kappa shape index (κ3) is 4.31.